The third kappa shape index (κ3) is 2.98. The maximum Gasteiger partial charge on any atom is 0.255 e. The van der Waals surface area contributed by atoms with Crippen molar-refractivity contribution in [1.82, 2.24) is 10.6 Å². The second-order valence-electron chi connectivity index (χ2n) is 6.69. The highest BCUT2D eigenvalue weighted by molar-refractivity contribution is 6.11. The van der Waals surface area contributed by atoms with Gasteiger partial charge in [0, 0.05) is 42.4 Å². The molecule has 2 N–H and O–H groups in total. The Labute approximate surface area is 160 Å². The summed E-state index contributed by atoms with van der Waals surface area (Å²) in [4.78, 5) is 24.2. The van der Waals surface area contributed by atoms with Crippen molar-refractivity contribution in [1.29, 1.82) is 0 Å². The molecule has 28 heavy (non-hydrogen) atoms. The summed E-state index contributed by atoms with van der Waals surface area (Å²) in [5.41, 5.74) is 2.30. The van der Waals surface area contributed by atoms with Gasteiger partial charge in [-0.25, -0.2) is 4.39 Å². The topological polar surface area (TPSA) is 80.6 Å². The third-order valence-corrected chi connectivity index (χ3v) is 5.02. The van der Waals surface area contributed by atoms with Gasteiger partial charge in [0.2, 0.25) is 5.91 Å². The summed E-state index contributed by atoms with van der Waals surface area (Å²) in [5, 5.41) is 6.04. The molecule has 144 valence electrons. The predicted octanol–water partition coefficient (Wildman–Crippen LogP) is 3.21. The number of fused-ring (bicyclic) bond motifs is 1. The highest BCUT2D eigenvalue weighted by Gasteiger charge is 2.29. The molecule has 1 aromatic heterocycles. The average molecular weight is 382 g/mol. The first-order valence-corrected chi connectivity index (χ1v) is 8.91. The SMILES string of the molecule is CNC(=O)c1c(-c2ccc(F)cc2)oc2cc(C3CNC(=O)C3)c(OC)cc12. The minimum Gasteiger partial charge on any atom is -0.496 e. The maximum atomic E-state index is 13.3. The first kappa shape index (κ1) is 18.0. The van der Waals surface area contributed by atoms with Crippen LogP contribution < -0.4 is 15.4 Å². The molecule has 1 saturated heterocycles. The number of carbonyl (C=O) groups is 2. The summed E-state index contributed by atoms with van der Waals surface area (Å²) in [6.45, 7) is 0.522. The number of rotatable bonds is 4. The smallest absolute Gasteiger partial charge is 0.255 e. The molecule has 1 aliphatic rings. The number of methoxy groups -OCH3 is 1. The second-order valence-corrected chi connectivity index (χ2v) is 6.69. The Hall–Kier alpha value is -3.35. The van der Waals surface area contributed by atoms with Gasteiger partial charge in [0.1, 0.15) is 22.9 Å². The molecular formula is C21H19FN2O4. The van der Waals surface area contributed by atoms with Crippen LogP contribution in [0.3, 0.4) is 0 Å². The summed E-state index contributed by atoms with van der Waals surface area (Å²) < 4.78 is 24.9. The largest absolute Gasteiger partial charge is 0.496 e. The van der Waals surface area contributed by atoms with Gasteiger partial charge in [-0.3, -0.25) is 9.59 Å². The van der Waals surface area contributed by atoms with Crippen LogP contribution in [-0.4, -0.2) is 32.5 Å². The number of furan rings is 1. The molecule has 7 heteroatoms. The number of halogens is 1. The van der Waals surface area contributed by atoms with Crippen molar-refractivity contribution in [3.63, 3.8) is 0 Å². The Balaban J connectivity index is 1.93. The van der Waals surface area contributed by atoms with Gasteiger partial charge in [0.05, 0.1) is 12.7 Å². The van der Waals surface area contributed by atoms with Gasteiger partial charge in [0.15, 0.2) is 0 Å². The van der Waals surface area contributed by atoms with Crippen LogP contribution in [0.15, 0.2) is 40.8 Å². The van der Waals surface area contributed by atoms with Crippen LogP contribution in [0.4, 0.5) is 4.39 Å². The monoisotopic (exact) mass is 382 g/mol. The van der Waals surface area contributed by atoms with E-state index in [-0.39, 0.29) is 23.5 Å². The number of hydrogen-bond donors (Lipinski definition) is 2. The van der Waals surface area contributed by atoms with Crippen LogP contribution in [0.5, 0.6) is 5.75 Å². The summed E-state index contributed by atoms with van der Waals surface area (Å²) in [6.07, 6.45) is 0.371. The Kier molecular flexibility index (Phi) is 4.50. The van der Waals surface area contributed by atoms with Crippen molar-refractivity contribution >= 4 is 22.8 Å². The standard InChI is InChI=1S/C21H19FN2O4/c1-23-21(26)19-15-9-16(27-2)14(12-7-18(25)24-10-12)8-17(15)28-20(19)11-3-5-13(22)6-4-11/h3-6,8-9,12H,7,10H2,1-2H3,(H,23,26)(H,24,25). The summed E-state index contributed by atoms with van der Waals surface area (Å²) in [6, 6.07) is 9.34. The van der Waals surface area contributed by atoms with Crippen LogP contribution in [0.1, 0.15) is 28.3 Å². The van der Waals surface area contributed by atoms with Crippen molar-refractivity contribution in [2.75, 3.05) is 20.7 Å². The van der Waals surface area contributed by atoms with E-state index in [0.29, 0.717) is 46.6 Å². The molecule has 2 heterocycles. The molecule has 0 radical (unpaired) electrons. The van der Waals surface area contributed by atoms with Crippen molar-refractivity contribution in [3.8, 4) is 17.1 Å². The van der Waals surface area contributed by atoms with Crippen molar-refractivity contribution in [3.05, 3.63) is 53.3 Å². The molecule has 3 aromatic rings. The Morgan fingerprint density at radius 3 is 2.64 bits per heavy atom. The molecule has 0 bridgehead atoms. The number of carbonyl (C=O) groups excluding carboxylic acids is 2. The third-order valence-electron chi connectivity index (χ3n) is 5.02. The molecule has 1 aliphatic heterocycles. The zero-order valence-electron chi connectivity index (χ0n) is 15.5. The second kappa shape index (κ2) is 6.99. The van der Waals surface area contributed by atoms with Gasteiger partial charge in [0.25, 0.3) is 5.91 Å². The minimum atomic E-state index is -0.372. The maximum absolute atomic E-state index is 13.3. The average Bonchev–Trinajstić information content (AvgIpc) is 3.30. The summed E-state index contributed by atoms with van der Waals surface area (Å²) in [5.74, 6) is 0.216. The van der Waals surface area contributed by atoms with Crippen molar-refractivity contribution in [2.45, 2.75) is 12.3 Å². The Morgan fingerprint density at radius 2 is 2.04 bits per heavy atom. The summed E-state index contributed by atoms with van der Waals surface area (Å²) >= 11 is 0. The Morgan fingerprint density at radius 1 is 1.29 bits per heavy atom. The predicted molar refractivity (Wildman–Crippen MR) is 102 cm³/mol. The normalized spacial score (nSPS) is 16.2. The van der Waals surface area contributed by atoms with E-state index in [1.807, 2.05) is 6.07 Å². The van der Waals surface area contributed by atoms with E-state index in [2.05, 4.69) is 10.6 Å². The van der Waals surface area contributed by atoms with Crippen LogP contribution in [0.2, 0.25) is 0 Å². The van der Waals surface area contributed by atoms with Crippen LogP contribution >= 0.6 is 0 Å². The fraction of sp³-hybridized carbons (Fsp3) is 0.238. The molecule has 6 nitrogen and oxygen atoms in total. The number of ether oxygens (including phenoxy) is 1. The number of nitrogens with one attached hydrogen (secondary N) is 2. The highest BCUT2D eigenvalue weighted by Crippen LogP contribution is 2.40. The molecule has 4 rings (SSSR count). The molecule has 0 aliphatic carbocycles. The van der Waals surface area contributed by atoms with Crippen LogP contribution in [0, 0.1) is 5.82 Å². The van der Waals surface area contributed by atoms with Crippen molar-refractivity contribution in [2.24, 2.45) is 0 Å². The number of hydrogen-bond acceptors (Lipinski definition) is 4. The highest BCUT2D eigenvalue weighted by atomic mass is 19.1. The molecule has 0 spiro atoms. The lowest BCUT2D eigenvalue weighted by Crippen LogP contribution is -2.18. The van der Waals surface area contributed by atoms with Crippen LogP contribution in [-0.2, 0) is 4.79 Å². The van der Waals surface area contributed by atoms with E-state index in [4.69, 9.17) is 9.15 Å². The quantitative estimate of drug-likeness (QED) is 0.726. The van der Waals surface area contributed by atoms with Gasteiger partial charge in [-0.1, -0.05) is 0 Å². The van der Waals surface area contributed by atoms with E-state index in [9.17, 15) is 14.0 Å². The molecule has 2 aromatic carbocycles. The lowest BCUT2D eigenvalue weighted by atomic mass is 9.95. The van der Waals surface area contributed by atoms with Gasteiger partial charge in [-0.15, -0.1) is 0 Å². The first-order valence-electron chi connectivity index (χ1n) is 8.91. The van der Waals surface area contributed by atoms with E-state index < -0.39 is 0 Å². The van der Waals surface area contributed by atoms with Crippen LogP contribution in [0.25, 0.3) is 22.3 Å². The lowest BCUT2D eigenvalue weighted by Gasteiger charge is -2.13. The lowest BCUT2D eigenvalue weighted by molar-refractivity contribution is -0.119. The summed E-state index contributed by atoms with van der Waals surface area (Å²) in [7, 11) is 3.09. The fourth-order valence-electron chi connectivity index (χ4n) is 3.61. The first-order chi connectivity index (χ1) is 13.5. The van der Waals surface area contributed by atoms with E-state index in [1.165, 1.54) is 19.2 Å². The molecule has 1 atom stereocenters. The molecular weight excluding hydrogens is 363 g/mol. The zero-order chi connectivity index (χ0) is 19.8. The number of amides is 2. The van der Waals surface area contributed by atoms with Gasteiger partial charge in [-0.05, 0) is 36.4 Å². The molecule has 2 amide bonds. The van der Waals surface area contributed by atoms with Crippen molar-refractivity contribution < 1.29 is 23.1 Å². The molecule has 1 fully saturated rings. The Bertz CT molecular complexity index is 1070. The number of benzene rings is 2. The fourth-order valence-corrected chi connectivity index (χ4v) is 3.61. The van der Waals surface area contributed by atoms with E-state index in [0.717, 1.165) is 5.56 Å². The van der Waals surface area contributed by atoms with Gasteiger partial charge >= 0.3 is 0 Å². The molecule has 0 saturated carbocycles. The zero-order valence-corrected chi connectivity index (χ0v) is 15.5. The van der Waals surface area contributed by atoms with Gasteiger partial charge in [-0.2, -0.15) is 0 Å². The molecule has 1 unspecified atom stereocenters. The van der Waals surface area contributed by atoms with E-state index >= 15 is 0 Å². The van der Waals surface area contributed by atoms with E-state index in [1.54, 1.807) is 25.3 Å². The van der Waals surface area contributed by atoms with Gasteiger partial charge < -0.3 is 19.8 Å². The minimum absolute atomic E-state index is 0.00959.